The minimum atomic E-state index is -0.0459. The number of hydrogen-bond donors (Lipinski definition) is 1. The third-order valence-electron chi connectivity index (χ3n) is 6.05. The molecule has 0 radical (unpaired) electrons. The molecule has 0 aliphatic heterocycles. The Hall–Kier alpha value is -2.82. The maximum atomic E-state index is 12.6. The van der Waals surface area contributed by atoms with Gasteiger partial charge < -0.3 is 15.1 Å². The van der Waals surface area contributed by atoms with Crippen molar-refractivity contribution in [1.29, 1.82) is 0 Å². The summed E-state index contributed by atoms with van der Waals surface area (Å²) in [6.07, 6.45) is 4.21. The van der Waals surface area contributed by atoms with Gasteiger partial charge in [0, 0.05) is 44.9 Å². The summed E-state index contributed by atoms with van der Waals surface area (Å²) in [6, 6.07) is 16.0. The first-order valence-electron chi connectivity index (χ1n) is 10.8. The lowest BCUT2D eigenvalue weighted by atomic mass is 10.0. The van der Waals surface area contributed by atoms with Crippen LogP contribution in [0.5, 0.6) is 0 Å². The molecule has 0 spiro atoms. The van der Waals surface area contributed by atoms with Crippen LogP contribution >= 0.6 is 0 Å². The van der Waals surface area contributed by atoms with E-state index in [1.165, 1.54) is 0 Å². The maximum absolute atomic E-state index is 12.6. The van der Waals surface area contributed by atoms with E-state index in [-0.39, 0.29) is 23.8 Å². The van der Waals surface area contributed by atoms with E-state index in [4.69, 9.17) is 0 Å². The standard InChI is InChI=1S/C25H33N3O2/c1-18(20-10-6-5-7-11-20)28(19(2)29)17-22-16-23(14-15-24(22)27(3)4)26-25(30)21-12-8-9-13-21/h5-7,10-11,14-16,18,21H,8-9,12-13,17H2,1-4H3,(H,26,30)/t18-/m1/s1. The molecule has 2 amide bonds. The second-order valence-electron chi connectivity index (χ2n) is 8.44. The van der Waals surface area contributed by atoms with Gasteiger partial charge in [0.05, 0.1) is 6.04 Å². The second-order valence-corrected chi connectivity index (χ2v) is 8.44. The van der Waals surface area contributed by atoms with Crippen molar-refractivity contribution in [2.45, 2.75) is 52.1 Å². The molecular weight excluding hydrogens is 374 g/mol. The Balaban J connectivity index is 1.85. The van der Waals surface area contributed by atoms with Crippen molar-refractivity contribution in [2.75, 3.05) is 24.3 Å². The molecule has 1 aliphatic rings. The van der Waals surface area contributed by atoms with Gasteiger partial charge in [-0.05, 0) is 49.1 Å². The molecule has 1 atom stereocenters. The second kappa shape index (κ2) is 9.79. The number of carbonyl (C=O) groups is 2. The van der Waals surface area contributed by atoms with Crippen molar-refractivity contribution < 1.29 is 9.59 Å². The van der Waals surface area contributed by atoms with Gasteiger partial charge in [0.15, 0.2) is 0 Å². The van der Waals surface area contributed by atoms with Gasteiger partial charge in [-0.15, -0.1) is 0 Å². The molecule has 1 aliphatic carbocycles. The Morgan fingerprint density at radius 3 is 2.33 bits per heavy atom. The Bertz CT molecular complexity index is 873. The minimum Gasteiger partial charge on any atom is -0.377 e. The zero-order valence-electron chi connectivity index (χ0n) is 18.5. The average Bonchev–Trinajstić information content (AvgIpc) is 3.27. The van der Waals surface area contributed by atoms with Crippen molar-refractivity contribution >= 4 is 23.2 Å². The van der Waals surface area contributed by atoms with Gasteiger partial charge in [-0.3, -0.25) is 9.59 Å². The lowest BCUT2D eigenvalue weighted by Crippen LogP contribution is -2.32. The lowest BCUT2D eigenvalue weighted by molar-refractivity contribution is -0.131. The van der Waals surface area contributed by atoms with Gasteiger partial charge in [-0.2, -0.15) is 0 Å². The largest absolute Gasteiger partial charge is 0.377 e. The van der Waals surface area contributed by atoms with Crippen molar-refractivity contribution in [1.82, 2.24) is 4.90 Å². The summed E-state index contributed by atoms with van der Waals surface area (Å²) in [6.45, 7) is 4.14. The molecule has 0 aromatic heterocycles. The highest BCUT2D eigenvalue weighted by Gasteiger charge is 2.24. The van der Waals surface area contributed by atoms with E-state index in [0.29, 0.717) is 6.54 Å². The smallest absolute Gasteiger partial charge is 0.227 e. The third-order valence-corrected chi connectivity index (χ3v) is 6.05. The SMILES string of the molecule is CC(=O)N(Cc1cc(NC(=O)C2CCCC2)ccc1N(C)C)[C@H](C)c1ccccc1. The van der Waals surface area contributed by atoms with Crippen LogP contribution in [-0.2, 0) is 16.1 Å². The van der Waals surface area contributed by atoms with E-state index in [2.05, 4.69) is 12.2 Å². The molecule has 0 saturated heterocycles. The van der Waals surface area contributed by atoms with Crippen molar-refractivity contribution in [2.24, 2.45) is 5.92 Å². The third kappa shape index (κ3) is 5.21. The summed E-state index contributed by atoms with van der Waals surface area (Å²) in [7, 11) is 3.99. The highest BCUT2D eigenvalue weighted by atomic mass is 16.2. The Kier molecular flexibility index (Phi) is 7.14. The first-order chi connectivity index (χ1) is 14.4. The van der Waals surface area contributed by atoms with Gasteiger partial charge in [0.2, 0.25) is 11.8 Å². The molecule has 160 valence electrons. The summed E-state index contributed by atoms with van der Waals surface area (Å²) in [5.41, 5.74) is 3.95. The van der Waals surface area contributed by atoms with Crippen LogP contribution in [0.25, 0.3) is 0 Å². The molecule has 1 saturated carbocycles. The molecule has 3 rings (SSSR count). The van der Waals surface area contributed by atoms with E-state index in [1.807, 2.05) is 72.4 Å². The minimum absolute atomic E-state index is 0.0245. The number of nitrogens with one attached hydrogen (secondary N) is 1. The fourth-order valence-corrected chi connectivity index (χ4v) is 4.27. The van der Waals surface area contributed by atoms with Crippen LogP contribution < -0.4 is 10.2 Å². The van der Waals surface area contributed by atoms with E-state index in [9.17, 15) is 9.59 Å². The summed E-state index contributed by atoms with van der Waals surface area (Å²) in [5.74, 6) is 0.252. The number of amides is 2. The van der Waals surface area contributed by atoms with Crippen molar-refractivity contribution in [3.8, 4) is 0 Å². The average molecular weight is 408 g/mol. The molecular formula is C25H33N3O2. The first kappa shape index (κ1) is 21.9. The van der Waals surface area contributed by atoms with Crippen molar-refractivity contribution in [3.05, 3.63) is 59.7 Å². The van der Waals surface area contributed by atoms with Crippen LogP contribution in [0.1, 0.15) is 56.7 Å². The Morgan fingerprint density at radius 2 is 1.73 bits per heavy atom. The number of nitrogens with zero attached hydrogens (tertiary/aromatic N) is 2. The Labute approximate surface area is 180 Å². The predicted molar refractivity (Wildman–Crippen MR) is 122 cm³/mol. The summed E-state index contributed by atoms with van der Waals surface area (Å²) >= 11 is 0. The van der Waals surface area contributed by atoms with E-state index in [1.54, 1.807) is 6.92 Å². The van der Waals surface area contributed by atoms with Crippen LogP contribution in [0.2, 0.25) is 0 Å². The van der Waals surface area contributed by atoms with Gasteiger partial charge in [-0.25, -0.2) is 0 Å². The molecule has 5 nitrogen and oxygen atoms in total. The van der Waals surface area contributed by atoms with Crippen LogP contribution in [0.15, 0.2) is 48.5 Å². The van der Waals surface area contributed by atoms with Crippen LogP contribution in [0.4, 0.5) is 11.4 Å². The monoisotopic (exact) mass is 407 g/mol. The van der Waals surface area contributed by atoms with Crippen molar-refractivity contribution in [3.63, 3.8) is 0 Å². The number of hydrogen-bond acceptors (Lipinski definition) is 3. The van der Waals surface area contributed by atoms with E-state index in [0.717, 1.165) is 48.2 Å². The normalized spacial score (nSPS) is 14.9. The van der Waals surface area contributed by atoms with Crippen LogP contribution in [-0.4, -0.2) is 30.8 Å². The Morgan fingerprint density at radius 1 is 1.07 bits per heavy atom. The van der Waals surface area contributed by atoms with Gasteiger partial charge in [-0.1, -0.05) is 43.2 Å². The molecule has 1 fully saturated rings. The first-order valence-corrected chi connectivity index (χ1v) is 10.8. The molecule has 2 aromatic rings. The lowest BCUT2D eigenvalue weighted by Gasteiger charge is -2.30. The summed E-state index contributed by atoms with van der Waals surface area (Å²) in [4.78, 5) is 29.0. The zero-order chi connectivity index (χ0) is 21.7. The number of anilines is 2. The number of carbonyl (C=O) groups excluding carboxylic acids is 2. The highest BCUT2D eigenvalue weighted by molar-refractivity contribution is 5.93. The zero-order valence-corrected chi connectivity index (χ0v) is 18.5. The molecule has 30 heavy (non-hydrogen) atoms. The molecule has 5 heteroatoms. The number of rotatable bonds is 7. The predicted octanol–water partition coefficient (Wildman–Crippen LogP) is 4.99. The van der Waals surface area contributed by atoms with Gasteiger partial charge in [0.1, 0.15) is 0 Å². The fraction of sp³-hybridized carbons (Fsp3) is 0.440. The quantitative estimate of drug-likeness (QED) is 0.703. The summed E-state index contributed by atoms with van der Waals surface area (Å²) in [5, 5.41) is 3.09. The maximum Gasteiger partial charge on any atom is 0.227 e. The molecule has 1 N–H and O–H groups in total. The van der Waals surface area contributed by atoms with Gasteiger partial charge in [0.25, 0.3) is 0 Å². The van der Waals surface area contributed by atoms with Gasteiger partial charge >= 0.3 is 0 Å². The van der Waals surface area contributed by atoms with Crippen LogP contribution in [0, 0.1) is 5.92 Å². The van der Waals surface area contributed by atoms with Crippen LogP contribution in [0.3, 0.4) is 0 Å². The molecule has 0 heterocycles. The topological polar surface area (TPSA) is 52.7 Å². The number of benzene rings is 2. The van der Waals surface area contributed by atoms with E-state index >= 15 is 0 Å². The highest BCUT2D eigenvalue weighted by Crippen LogP contribution is 2.30. The molecule has 2 aromatic carbocycles. The fourth-order valence-electron chi connectivity index (χ4n) is 4.27. The molecule has 0 bridgehead atoms. The van der Waals surface area contributed by atoms with E-state index < -0.39 is 0 Å². The summed E-state index contributed by atoms with van der Waals surface area (Å²) < 4.78 is 0. The molecule has 0 unspecified atom stereocenters.